The SMILES string of the molecule is Cn1c(=O)oc2cc(NC(=O)CCCC(=O)c3ccc(F)cc3)ccc21. The lowest BCUT2D eigenvalue weighted by atomic mass is 10.1. The number of benzene rings is 2. The minimum absolute atomic E-state index is 0.134. The molecular formula is C19H17FN2O4. The fourth-order valence-corrected chi connectivity index (χ4v) is 2.62. The second-order valence-electron chi connectivity index (χ2n) is 5.94. The maximum absolute atomic E-state index is 12.8. The lowest BCUT2D eigenvalue weighted by Crippen LogP contribution is -2.12. The van der Waals surface area contributed by atoms with Crippen LogP contribution in [0.4, 0.5) is 10.1 Å². The number of hydrogen-bond acceptors (Lipinski definition) is 4. The topological polar surface area (TPSA) is 81.3 Å². The number of carbonyl (C=O) groups excluding carboxylic acids is 2. The first-order chi connectivity index (χ1) is 12.4. The Hall–Kier alpha value is -3.22. The zero-order valence-electron chi connectivity index (χ0n) is 14.1. The Labute approximate surface area is 148 Å². The van der Waals surface area contributed by atoms with E-state index in [0.717, 1.165) is 0 Å². The maximum Gasteiger partial charge on any atom is 0.419 e. The van der Waals surface area contributed by atoms with Crippen LogP contribution < -0.4 is 11.1 Å². The highest BCUT2D eigenvalue weighted by Crippen LogP contribution is 2.18. The van der Waals surface area contributed by atoms with Gasteiger partial charge in [-0.1, -0.05) is 0 Å². The molecule has 2 aromatic carbocycles. The molecule has 0 radical (unpaired) electrons. The summed E-state index contributed by atoms with van der Waals surface area (Å²) in [6, 6.07) is 10.3. The number of hydrogen-bond donors (Lipinski definition) is 1. The molecule has 1 amide bonds. The zero-order valence-corrected chi connectivity index (χ0v) is 14.1. The van der Waals surface area contributed by atoms with Crippen LogP contribution in [0.25, 0.3) is 11.1 Å². The number of anilines is 1. The van der Waals surface area contributed by atoms with Gasteiger partial charge in [-0.2, -0.15) is 0 Å². The Morgan fingerprint density at radius 2 is 1.85 bits per heavy atom. The van der Waals surface area contributed by atoms with Crippen LogP contribution in [-0.4, -0.2) is 16.3 Å². The number of carbonyl (C=O) groups is 2. The third-order valence-electron chi connectivity index (χ3n) is 4.05. The molecule has 7 heteroatoms. The van der Waals surface area contributed by atoms with E-state index in [1.54, 1.807) is 25.2 Å². The molecule has 0 bridgehead atoms. The fraction of sp³-hybridized carbons (Fsp3) is 0.211. The van der Waals surface area contributed by atoms with Crippen LogP contribution in [-0.2, 0) is 11.8 Å². The van der Waals surface area contributed by atoms with Crippen LogP contribution in [0.15, 0.2) is 51.7 Å². The average molecular weight is 356 g/mol. The molecule has 0 unspecified atom stereocenters. The second kappa shape index (κ2) is 7.35. The van der Waals surface area contributed by atoms with E-state index >= 15 is 0 Å². The van der Waals surface area contributed by atoms with E-state index in [-0.39, 0.29) is 24.5 Å². The predicted octanol–water partition coefficient (Wildman–Crippen LogP) is 3.26. The maximum atomic E-state index is 12.8. The summed E-state index contributed by atoms with van der Waals surface area (Å²) in [7, 11) is 1.60. The van der Waals surface area contributed by atoms with Gasteiger partial charge >= 0.3 is 5.76 Å². The van der Waals surface area contributed by atoms with Crippen LogP contribution in [0.2, 0.25) is 0 Å². The molecule has 0 aliphatic carbocycles. The lowest BCUT2D eigenvalue weighted by Gasteiger charge is -2.05. The number of nitrogens with one attached hydrogen (secondary N) is 1. The molecule has 3 rings (SSSR count). The summed E-state index contributed by atoms with van der Waals surface area (Å²) in [4.78, 5) is 35.5. The monoisotopic (exact) mass is 356 g/mol. The van der Waals surface area contributed by atoms with E-state index in [0.29, 0.717) is 28.8 Å². The summed E-state index contributed by atoms with van der Waals surface area (Å²) in [5, 5.41) is 2.71. The third-order valence-corrected chi connectivity index (χ3v) is 4.05. The van der Waals surface area contributed by atoms with E-state index in [2.05, 4.69) is 5.32 Å². The highest BCUT2D eigenvalue weighted by Gasteiger charge is 2.10. The van der Waals surface area contributed by atoms with Crippen LogP contribution in [0.3, 0.4) is 0 Å². The number of ketones is 1. The van der Waals surface area contributed by atoms with Gasteiger partial charge in [-0.15, -0.1) is 0 Å². The van der Waals surface area contributed by atoms with Gasteiger partial charge < -0.3 is 9.73 Å². The Bertz CT molecular complexity index is 1020. The predicted molar refractivity (Wildman–Crippen MR) is 94.7 cm³/mol. The number of aromatic nitrogens is 1. The van der Waals surface area contributed by atoms with E-state index in [4.69, 9.17) is 4.42 Å². The molecule has 0 fully saturated rings. The van der Waals surface area contributed by atoms with Crippen molar-refractivity contribution in [1.29, 1.82) is 0 Å². The number of rotatable bonds is 6. The van der Waals surface area contributed by atoms with Crippen molar-refractivity contribution in [2.45, 2.75) is 19.3 Å². The minimum atomic E-state index is -0.470. The fourth-order valence-electron chi connectivity index (χ4n) is 2.62. The summed E-state index contributed by atoms with van der Waals surface area (Å²) in [5.41, 5.74) is 1.97. The van der Waals surface area contributed by atoms with E-state index in [9.17, 15) is 18.8 Å². The molecule has 3 aromatic rings. The molecule has 0 spiro atoms. The summed E-state index contributed by atoms with van der Waals surface area (Å²) < 4.78 is 19.3. The molecule has 26 heavy (non-hydrogen) atoms. The summed E-state index contributed by atoms with van der Waals surface area (Å²) in [5.74, 6) is -1.24. The number of nitrogens with zero attached hydrogens (tertiary/aromatic N) is 1. The van der Waals surface area contributed by atoms with Gasteiger partial charge in [0, 0.05) is 37.2 Å². The lowest BCUT2D eigenvalue weighted by molar-refractivity contribution is -0.116. The van der Waals surface area contributed by atoms with Crippen molar-refractivity contribution in [3.05, 3.63) is 64.4 Å². The molecule has 0 aliphatic rings. The molecule has 6 nitrogen and oxygen atoms in total. The smallest absolute Gasteiger partial charge is 0.408 e. The van der Waals surface area contributed by atoms with Gasteiger partial charge in [0.25, 0.3) is 0 Å². The average Bonchev–Trinajstić information content (AvgIpc) is 2.89. The largest absolute Gasteiger partial charge is 0.419 e. The second-order valence-corrected chi connectivity index (χ2v) is 5.94. The van der Waals surface area contributed by atoms with Crippen molar-refractivity contribution in [1.82, 2.24) is 4.57 Å². The number of oxazole rings is 1. The summed E-state index contributed by atoms with van der Waals surface area (Å²) in [6.07, 6.45) is 0.750. The first-order valence-electron chi connectivity index (χ1n) is 8.12. The van der Waals surface area contributed by atoms with Gasteiger partial charge in [0.15, 0.2) is 11.4 Å². The van der Waals surface area contributed by atoms with Gasteiger partial charge in [0.2, 0.25) is 5.91 Å². The van der Waals surface area contributed by atoms with Crippen LogP contribution in [0, 0.1) is 5.82 Å². The van der Waals surface area contributed by atoms with Gasteiger partial charge in [-0.05, 0) is 42.8 Å². The highest BCUT2D eigenvalue weighted by molar-refractivity contribution is 5.97. The number of fused-ring (bicyclic) bond motifs is 1. The van der Waals surface area contributed by atoms with E-state index in [1.165, 1.54) is 28.8 Å². The van der Waals surface area contributed by atoms with Crippen molar-refractivity contribution < 1.29 is 18.4 Å². The standard InChI is InChI=1S/C19H17FN2O4/c1-22-15-10-9-14(11-17(15)26-19(22)25)21-18(24)4-2-3-16(23)12-5-7-13(20)8-6-12/h5-11H,2-4H2,1H3,(H,21,24). The number of aryl methyl sites for hydroxylation is 1. The molecule has 0 saturated heterocycles. The van der Waals surface area contributed by atoms with Crippen molar-refractivity contribution in [2.75, 3.05) is 5.32 Å². The molecule has 1 heterocycles. The molecule has 134 valence electrons. The van der Waals surface area contributed by atoms with Crippen LogP contribution >= 0.6 is 0 Å². The molecular weight excluding hydrogens is 339 g/mol. The van der Waals surface area contributed by atoms with Gasteiger partial charge in [-0.3, -0.25) is 14.2 Å². The van der Waals surface area contributed by atoms with E-state index in [1.807, 2.05) is 0 Å². The van der Waals surface area contributed by atoms with Crippen molar-refractivity contribution in [3.8, 4) is 0 Å². The summed E-state index contributed by atoms with van der Waals surface area (Å²) >= 11 is 0. The molecule has 0 saturated carbocycles. The molecule has 1 N–H and O–H groups in total. The van der Waals surface area contributed by atoms with Gasteiger partial charge in [0.1, 0.15) is 5.82 Å². The normalized spacial score (nSPS) is 10.8. The van der Waals surface area contributed by atoms with Crippen LogP contribution in [0.1, 0.15) is 29.6 Å². The molecule has 0 aliphatic heterocycles. The van der Waals surface area contributed by atoms with Crippen LogP contribution in [0.5, 0.6) is 0 Å². The first kappa shape index (κ1) is 17.6. The minimum Gasteiger partial charge on any atom is -0.408 e. The quantitative estimate of drug-likeness (QED) is 0.688. The Kier molecular flexibility index (Phi) is 4.97. The summed E-state index contributed by atoms with van der Waals surface area (Å²) in [6.45, 7) is 0. The number of Topliss-reactive ketones (excluding diaryl/α,β-unsaturated/α-hetero) is 1. The van der Waals surface area contributed by atoms with Gasteiger partial charge in [0.05, 0.1) is 5.52 Å². The first-order valence-corrected chi connectivity index (χ1v) is 8.12. The molecule has 0 atom stereocenters. The molecule has 1 aromatic heterocycles. The zero-order chi connectivity index (χ0) is 18.7. The number of amides is 1. The van der Waals surface area contributed by atoms with Crippen molar-refractivity contribution >= 4 is 28.5 Å². The third kappa shape index (κ3) is 3.88. The Morgan fingerprint density at radius 3 is 2.58 bits per heavy atom. The van der Waals surface area contributed by atoms with Crippen molar-refractivity contribution in [2.24, 2.45) is 7.05 Å². The Balaban J connectivity index is 1.53. The van der Waals surface area contributed by atoms with Crippen molar-refractivity contribution in [3.63, 3.8) is 0 Å². The highest BCUT2D eigenvalue weighted by atomic mass is 19.1. The Morgan fingerprint density at radius 1 is 1.12 bits per heavy atom. The number of halogens is 1. The van der Waals surface area contributed by atoms with E-state index < -0.39 is 11.6 Å². The van der Waals surface area contributed by atoms with Gasteiger partial charge in [-0.25, -0.2) is 9.18 Å².